The summed E-state index contributed by atoms with van der Waals surface area (Å²) in [5.74, 6) is 1.65. The lowest BCUT2D eigenvalue weighted by atomic mass is 9.68. The highest BCUT2D eigenvalue weighted by Gasteiger charge is 2.47. The summed E-state index contributed by atoms with van der Waals surface area (Å²) < 4.78 is 16.0. The van der Waals surface area contributed by atoms with Gasteiger partial charge < -0.3 is 29.2 Å². The fourth-order valence-electron chi connectivity index (χ4n) is 6.09. The maximum atomic E-state index is 12.5. The van der Waals surface area contributed by atoms with Gasteiger partial charge in [0.2, 0.25) is 5.91 Å². The maximum Gasteiger partial charge on any atom is 0.248 e. The Morgan fingerprint density at radius 1 is 1.08 bits per heavy atom. The van der Waals surface area contributed by atoms with Crippen molar-refractivity contribution < 1.29 is 24.1 Å². The Balaban J connectivity index is 1.56. The first-order valence-corrected chi connectivity index (χ1v) is 12.5. The van der Waals surface area contributed by atoms with E-state index >= 15 is 0 Å². The number of carbonyl (C=O) groups is 1. The Morgan fingerprint density at radius 3 is 2.53 bits per heavy atom. The highest BCUT2D eigenvalue weighted by molar-refractivity contribution is 5.88. The van der Waals surface area contributed by atoms with Crippen LogP contribution >= 0.6 is 0 Å². The summed E-state index contributed by atoms with van der Waals surface area (Å²) in [5, 5.41) is 11.8. The van der Waals surface area contributed by atoms with Crippen molar-refractivity contribution >= 4 is 16.8 Å². The average Bonchev–Trinajstić information content (AvgIpc) is 3.29. The molecule has 2 aromatic carbocycles. The lowest BCUT2D eigenvalue weighted by Crippen LogP contribution is -2.54. The number of piperidine rings is 1. The Bertz CT molecular complexity index is 1230. The number of amides is 1. The Hall–Kier alpha value is -3.07. The first-order chi connectivity index (χ1) is 17.5. The first-order valence-electron chi connectivity index (χ1n) is 12.5. The summed E-state index contributed by atoms with van der Waals surface area (Å²) in [5.41, 5.74) is 4.35. The summed E-state index contributed by atoms with van der Waals surface area (Å²) in [6.45, 7) is 2.97. The second-order valence-electron chi connectivity index (χ2n) is 9.87. The first kappa shape index (κ1) is 24.6. The van der Waals surface area contributed by atoms with E-state index in [-0.39, 0.29) is 30.6 Å². The Kier molecular flexibility index (Phi) is 6.92. The van der Waals surface area contributed by atoms with Crippen molar-refractivity contribution in [1.82, 2.24) is 14.8 Å². The van der Waals surface area contributed by atoms with Gasteiger partial charge >= 0.3 is 0 Å². The van der Waals surface area contributed by atoms with E-state index in [0.717, 1.165) is 47.7 Å². The van der Waals surface area contributed by atoms with E-state index in [0.29, 0.717) is 19.6 Å². The van der Waals surface area contributed by atoms with Crippen LogP contribution in [0.4, 0.5) is 0 Å². The predicted octanol–water partition coefficient (Wildman–Crippen LogP) is 3.24. The number of fused-ring (bicyclic) bond motifs is 4. The van der Waals surface area contributed by atoms with Crippen molar-refractivity contribution in [2.45, 2.75) is 30.8 Å². The number of rotatable bonds is 7. The molecule has 1 amide bonds. The maximum absolute atomic E-state index is 12.5. The number of carbonyl (C=O) groups excluding carboxylic acids is 1. The molecule has 0 bridgehead atoms. The van der Waals surface area contributed by atoms with E-state index in [1.54, 1.807) is 21.3 Å². The molecule has 0 radical (unpaired) electrons. The number of aliphatic hydroxyl groups excluding tert-OH is 1. The molecule has 1 spiro atoms. The van der Waals surface area contributed by atoms with Crippen molar-refractivity contribution in [3.63, 3.8) is 0 Å². The third-order valence-electron chi connectivity index (χ3n) is 7.88. The van der Waals surface area contributed by atoms with Gasteiger partial charge in [-0.2, -0.15) is 0 Å². The number of hydrogen-bond donors (Lipinski definition) is 2. The van der Waals surface area contributed by atoms with Crippen LogP contribution in [0, 0.1) is 0 Å². The van der Waals surface area contributed by atoms with Crippen LogP contribution in [0.1, 0.15) is 35.7 Å². The van der Waals surface area contributed by atoms with Crippen molar-refractivity contribution in [2.24, 2.45) is 0 Å². The summed E-state index contributed by atoms with van der Waals surface area (Å²) in [6, 6.07) is 14.1. The van der Waals surface area contributed by atoms with E-state index in [9.17, 15) is 9.90 Å². The highest BCUT2D eigenvalue weighted by atomic mass is 16.5. The monoisotopic (exact) mass is 493 g/mol. The summed E-state index contributed by atoms with van der Waals surface area (Å²) in [7, 11) is 4.91. The standard InChI is InChI=1S/C28H35N3O5/c1-34-17-25(33)30-11-9-28(10-12-30)18-31(15-19-5-4-6-20(13-19)35-2)24(16-32)27-26(28)22-8-7-21(36-3)14-23(22)29-27/h4-8,13-14,24,29,32H,9-12,15-18H2,1-3H3/t24-/m0/s1. The summed E-state index contributed by atoms with van der Waals surface area (Å²) in [4.78, 5) is 20.5. The number of benzene rings is 2. The lowest BCUT2D eigenvalue weighted by molar-refractivity contribution is -0.137. The molecule has 1 saturated heterocycles. The average molecular weight is 494 g/mol. The molecule has 1 atom stereocenters. The third kappa shape index (κ3) is 4.34. The van der Waals surface area contributed by atoms with Gasteiger partial charge in [0, 0.05) is 61.4 Å². The zero-order valence-corrected chi connectivity index (χ0v) is 21.3. The van der Waals surface area contributed by atoms with Gasteiger partial charge in [0.1, 0.15) is 18.1 Å². The molecule has 0 saturated carbocycles. The SMILES string of the molecule is COCC(=O)N1CCC2(CC1)CN(Cc1cccc(OC)c1)[C@@H](CO)c1[nH]c3cc(OC)ccc3c12. The smallest absolute Gasteiger partial charge is 0.248 e. The van der Waals surface area contributed by atoms with Crippen LogP contribution in [0.3, 0.4) is 0 Å². The molecule has 1 aromatic heterocycles. The molecule has 36 heavy (non-hydrogen) atoms. The normalized spacial score (nSPS) is 19.4. The zero-order chi connectivity index (χ0) is 25.3. The van der Waals surface area contributed by atoms with E-state index < -0.39 is 0 Å². The van der Waals surface area contributed by atoms with Crippen LogP contribution in [0.2, 0.25) is 0 Å². The van der Waals surface area contributed by atoms with Gasteiger partial charge in [-0.05, 0) is 48.2 Å². The topological polar surface area (TPSA) is 87.3 Å². The largest absolute Gasteiger partial charge is 0.497 e. The number of aromatic nitrogens is 1. The fourth-order valence-corrected chi connectivity index (χ4v) is 6.09. The van der Waals surface area contributed by atoms with Crippen molar-refractivity contribution in [3.05, 3.63) is 59.3 Å². The summed E-state index contributed by atoms with van der Waals surface area (Å²) in [6.07, 6.45) is 1.70. The Morgan fingerprint density at radius 2 is 1.83 bits per heavy atom. The number of nitrogens with zero attached hydrogens (tertiary/aromatic N) is 2. The number of nitrogens with one attached hydrogen (secondary N) is 1. The van der Waals surface area contributed by atoms with Gasteiger partial charge in [-0.1, -0.05) is 12.1 Å². The molecule has 192 valence electrons. The second kappa shape index (κ2) is 10.1. The number of aromatic amines is 1. The molecule has 1 fully saturated rings. The van der Waals surface area contributed by atoms with E-state index in [4.69, 9.17) is 14.2 Å². The van der Waals surface area contributed by atoms with Gasteiger partial charge in [0.05, 0.1) is 26.9 Å². The van der Waals surface area contributed by atoms with E-state index in [2.05, 4.69) is 28.1 Å². The minimum Gasteiger partial charge on any atom is -0.497 e. The quantitative estimate of drug-likeness (QED) is 0.526. The van der Waals surface area contributed by atoms with E-state index in [1.807, 2.05) is 29.2 Å². The van der Waals surface area contributed by atoms with Crippen LogP contribution in [0.25, 0.3) is 10.9 Å². The van der Waals surface area contributed by atoms with E-state index in [1.165, 1.54) is 10.9 Å². The van der Waals surface area contributed by atoms with Crippen molar-refractivity contribution in [3.8, 4) is 11.5 Å². The number of ether oxygens (including phenoxy) is 3. The van der Waals surface area contributed by atoms with Crippen molar-refractivity contribution in [2.75, 3.05) is 54.2 Å². The molecule has 8 nitrogen and oxygen atoms in total. The Labute approximate surface area is 211 Å². The van der Waals surface area contributed by atoms with Crippen LogP contribution in [0.5, 0.6) is 11.5 Å². The second-order valence-corrected chi connectivity index (χ2v) is 9.87. The molecule has 3 heterocycles. The van der Waals surface area contributed by atoms with Crippen LogP contribution in [0.15, 0.2) is 42.5 Å². The van der Waals surface area contributed by atoms with Crippen LogP contribution in [-0.4, -0.2) is 80.0 Å². The molecule has 0 unspecified atom stereocenters. The van der Waals surface area contributed by atoms with Gasteiger partial charge in [0.15, 0.2) is 0 Å². The van der Waals surface area contributed by atoms with Gasteiger partial charge in [-0.3, -0.25) is 9.69 Å². The summed E-state index contributed by atoms with van der Waals surface area (Å²) >= 11 is 0. The van der Waals surface area contributed by atoms with Crippen molar-refractivity contribution in [1.29, 1.82) is 0 Å². The predicted molar refractivity (Wildman–Crippen MR) is 137 cm³/mol. The number of likely N-dealkylation sites (tertiary alicyclic amines) is 1. The number of hydrogen-bond acceptors (Lipinski definition) is 6. The number of aliphatic hydroxyl groups is 1. The molecular formula is C28H35N3O5. The lowest BCUT2D eigenvalue weighted by Gasteiger charge is -2.50. The molecule has 2 aliphatic heterocycles. The van der Waals surface area contributed by atoms with Crippen LogP contribution in [-0.2, 0) is 21.5 Å². The number of H-pyrrole nitrogens is 1. The van der Waals surface area contributed by atoms with Gasteiger partial charge in [-0.25, -0.2) is 0 Å². The molecule has 2 N–H and O–H groups in total. The molecule has 8 heteroatoms. The minimum atomic E-state index is -0.164. The molecule has 5 rings (SSSR count). The molecular weight excluding hydrogens is 458 g/mol. The highest BCUT2D eigenvalue weighted by Crippen LogP contribution is 2.49. The van der Waals surface area contributed by atoms with Gasteiger partial charge in [0.25, 0.3) is 0 Å². The fraction of sp³-hybridized carbons (Fsp3) is 0.464. The number of methoxy groups -OCH3 is 3. The van der Waals surface area contributed by atoms with Gasteiger partial charge in [-0.15, -0.1) is 0 Å². The van der Waals surface area contributed by atoms with Crippen LogP contribution < -0.4 is 9.47 Å². The third-order valence-corrected chi connectivity index (χ3v) is 7.88. The molecule has 3 aromatic rings. The minimum absolute atomic E-state index is 0.00938. The molecule has 0 aliphatic carbocycles. The zero-order valence-electron chi connectivity index (χ0n) is 21.3. The molecule has 2 aliphatic rings.